The van der Waals surface area contributed by atoms with E-state index >= 15 is 0 Å². The maximum absolute atomic E-state index is 11.9. The zero-order valence-corrected chi connectivity index (χ0v) is 10.8. The molecule has 92 valence electrons. The van der Waals surface area contributed by atoms with E-state index in [0.717, 1.165) is 32.1 Å². The summed E-state index contributed by atoms with van der Waals surface area (Å²) in [5.74, 6) is 0.258. The van der Waals surface area contributed by atoms with Crippen LogP contribution in [-0.4, -0.2) is 11.9 Å². The van der Waals surface area contributed by atoms with E-state index < -0.39 is 0 Å². The number of rotatable bonds is 8. The lowest BCUT2D eigenvalue weighted by Crippen LogP contribution is -2.38. The van der Waals surface area contributed by atoms with Gasteiger partial charge in [-0.3, -0.25) is 4.79 Å². The molecule has 0 saturated heterocycles. The van der Waals surface area contributed by atoms with Crippen LogP contribution in [0, 0.1) is 17.2 Å². The van der Waals surface area contributed by atoms with Crippen molar-refractivity contribution in [1.82, 2.24) is 5.32 Å². The number of nitriles is 1. The summed E-state index contributed by atoms with van der Waals surface area (Å²) < 4.78 is 0. The molecule has 0 aromatic carbocycles. The van der Waals surface area contributed by atoms with Crippen LogP contribution in [0.1, 0.15) is 59.3 Å². The van der Waals surface area contributed by atoms with Crippen LogP contribution < -0.4 is 5.32 Å². The molecule has 3 nitrogen and oxygen atoms in total. The maximum atomic E-state index is 11.9. The number of carbonyl (C=O) groups is 1. The summed E-state index contributed by atoms with van der Waals surface area (Å²) in [6.07, 6.45) is 5.20. The Bertz CT molecular complexity index is 227. The number of hydrogen-bond acceptors (Lipinski definition) is 2. The van der Waals surface area contributed by atoms with Crippen LogP contribution in [0.4, 0.5) is 0 Å². The SMILES string of the molecule is CCCC(CCC)C(=O)NC(CC)CC#N. The van der Waals surface area contributed by atoms with Crippen LogP contribution in [0.2, 0.25) is 0 Å². The molecule has 0 fully saturated rings. The van der Waals surface area contributed by atoms with Crippen LogP contribution in [-0.2, 0) is 4.79 Å². The first-order valence-corrected chi connectivity index (χ1v) is 6.36. The third-order valence-corrected chi connectivity index (χ3v) is 2.82. The highest BCUT2D eigenvalue weighted by Crippen LogP contribution is 2.14. The first kappa shape index (κ1) is 15.0. The van der Waals surface area contributed by atoms with Crippen molar-refractivity contribution in [3.63, 3.8) is 0 Å². The van der Waals surface area contributed by atoms with Crippen molar-refractivity contribution in [2.75, 3.05) is 0 Å². The zero-order chi connectivity index (χ0) is 12.4. The van der Waals surface area contributed by atoms with Crippen molar-refractivity contribution in [3.05, 3.63) is 0 Å². The average molecular weight is 224 g/mol. The predicted molar refractivity (Wildman–Crippen MR) is 65.8 cm³/mol. The van der Waals surface area contributed by atoms with Crippen LogP contribution in [0.3, 0.4) is 0 Å². The standard InChI is InChI=1S/C13H24N2O/c1-4-7-11(8-5-2)13(16)15-12(6-3)9-10-14/h11-12H,4-9H2,1-3H3,(H,15,16). The number of nitrogens with one attached hydrogen (secondary N) is 1. The third kappa shape index (κ3) is 5.75. The molecule has 0 rings (SSSR count). The van der Waals surface area contributed by atoms with E-state index in [2.05, 4.69) is 25.2 Å². The quantitative estimate of drug-likeness (QED) is 0.689. The van der Waals surface area contributed by atoms with E-state index in [0.29, 0.717) is 6.42 Å². The highest BCUT2D eigenvalue weighted by molar-refractivity contribution is 5.78. The molecule has 0 bridgehead atoms. The summed E-state index contributed by atoms with van der Waals surface area (Å²) in [4.78, 5) is 11.9. The van der Waals surface area contributed by atoms with Crippen LogP contribution >= 0.6 is 0 Å². The molecule has 1 unspecified atom stereocenters. The van der Waals surface area contributed by atoms with Gasteiger partial charge in [0.25, 0.3) is 0 Å². The summed E-state index contributed by atoms with van der Waals surface area (Å²) in [5.41, 5.74) is 0. The Hall–Kier alpha value is -1.04. The molecule has 0 aromatic rings. The van der Waals surface area contributed by atoms with Crippen molar-refractivity contribution >= 4 is 5.91 Å². The largest absolute Gasteiger partial charge is 0.352 e. The number of carbonyl (C=O) groups excluding carboxylic acids is 1. The second-order valence-corrected chi connectivity index (χ2v) is 4.25. The van der Waals surface area contributed by atoms with Gasteiger partial charge in [0.1, 0.15) is 0 Å². The molecule has 16 heavy (non-hydrogen) atoms. The monoisotopic (exact) mass is 224 g/mol. The van der Waals surface area contributed by atoms with Gasteiger partial charge in [-0.05, 0) is 19.3 Å². The van der Waals surface area contributed by atoms with Crippen LogP contribution in [0.25, 0.3) is 0 Å². The Morgan fingerprint density at radius 3 is 2.19 bits per heavy atom. The molecule has 0 spiro atoms. The van der Waals surface area contributed by atoms with Gasteiger partial charge in [-0.25, -0.2) is 0 Å². The lowest BCUT2D eigenvalue weighted by Gasteiger charge is -2.19. The minimum absolute atomic E-state index is 0.0220. The Labute approximate surface area is 99.2 Å². The zero-order valence-electron chi connectivity index (χ0n) is 10.8. The second kappa shape index (κ2) is 9.21. The van der Waals surface area contributed by atoms with Crippen molar-refractivity contribution in [3.8, 4) is 6.07 Å². The fourth-order valence-corrected chi connectivity index (χ4v) is 1.83. The van der Waals surface area contributed by atoms with E-state index in [4.69, 9.17) is 5.26 Å². The van der Waals surface area contributed by atoms with Gasteiger partial charge in [0.05, 0.1) is 12.5 Å². The summed E-state index contributed by atoms with van der Waals surface area (Å²) in [7, 11) is 0. The molecule has 0 aliphatic heterocycles. The second-order valence-electron chi connectivity index (χ2n) is 4.25. The molecule has 0 heterocycles. The van der Waals surface area contributed by atoms with Gasteiger partial charge in [-0.15, -0.1) is 0 Å². The van der Waals surface area contributed by atoms with E-state index in [9.17, 15) is 4.79 Å². The van der Waals surface area contributed by atoms with Gasteiger partial charge in [-0.1, -0.05) is 33.6 Å². The minimum atomic E-state index is 0.0220. The predicted octanol–water partition coefficient (Wildman–Crippen LogP) is 3.01. The smallest absolute Gasteiger partial charge is 0.223 e. The fourth-order valence-electron chi connectivity index (χ4n) is 1.83. The molecule has 0 aliphatic rings. The molecule has 0 saturated carbocycles. The van der Waals surface area contributed by atoms with E-state index in [1.54, 1.807) is 0 Å². The summed E-state index contributed by atoms with van der Waals surface area (Å²) >= 11 is 0. The first-order valence-electron chi connectivity index (χ1n) is 6.36. The van der Waals surface area contributed by atoms with E-state index in [1.807, 2.05) is 6.92 Å². The molecular formula is C13H24N2O. The highest BCUT2D eigenvalue weighted by atomic mass is 16.1. The minimum Gasteiger partial charge on any atom is -0.352 e. The molecular weight excluding hydrogens is 200 g/mol. The van der Waals surface area contributed by atoms with Gasteiger partial charge in [0, 0.05) is 12.0 Å². The number of hydrogen-bond donors (Lipinski definition) is 1. The van der Waals surface area contributed by atoms with Crippen LogP contribution in [0.5, 0.6) is 0 Å². The topological polar surface area (TPSA) is 52.9 Å². The highest BCUT2D eigenvalue weighted by Gasteiger charge is 2.18. The maximum Gasteiger partial charge on any atom is 0.223 e. The normalized spacial score (nSPS) is 12.2. The Morgan fingerprint density at radius 2 is 1.81 bits per heavy atom. The van der Waals surface area contributed by atoms with Crippen molar-refractivity contribution in [1.29, 1.82) is 5.26 Å². The molecule has 3 heteroatoms. The number of amides is 1. The van der Waals surface area contributed by atoms with E-state index in [1.165, 1.54) is 0 Å². The fraction of sp³-hybridized carbons (Fsp3) is 0.846. The van der Waals surface area contributed by atoms with Gasteiger partial charge >= 0.3 is 0 Å². The molecule has 0 aromatic heterocycles. The van der Waals surface area contributed by atoms with Crippen molar-refractivity contribution < 1.29 is 4.79 Å². The van der Waals surface area contributed by atoms with E-state index in [-0.39, 0.29) is 17.9 Å². The molecule has 1 N–H and O–H groups in total. The van der Waals surface area contributed by atoms with Gasteiger partial charge in [0.2, 0.25) is 5.91 Å². The lowest BCUT2D eigenvalue weighted by atomic mass is 9.96. The molecule has 1 atom stereocenters. The molecule has 0 radical (unpaired) electrons. The summed E-state index contributed by atoms with van der Waals surface area (Å²) in [5, 5.41) is 11.6. The van der Waals surface area contributed by atoms with Crippen molar-refractivity contribution in [2.45, 2.75) is 65.3 Å². The van der Waals surface area contributed by atoms with Crippen molar-refractivity contribution in [2.24, 2.45) is 5.92 Å². The Morgan fingerprint density at radius 1 is 1.25 bits per heavy atom. The Balaban J connectivity index is 4.21. The summed E-state index contributed by atoms with van der Waals surface area (Å²) in [6.45, 7) is 6.20. The summed E-state index contributed by atoms with van der Waals surface area (Å²) in [6, 6.07) is 2.13. The Kier molecular flexibility index (Phi) is 8.61. The van der Waals surface area contributed by atoms with Gasteiger partial charge < -0.3 is 5.32 Å². The molecule has 0 aliphatic carbocycles. The number of nitrogens with zero attached hydrogens (tertiary/aromatic N) is 1. The average Bonchev–Trinajstić information content (AvgIpc) is 2.28. The van der Waals surface area contributed by atoms with Gasteiger partial charge in [-0.2, -0.15) is 5.26 Å². The lowest BCUT2D eigenvalue weighted by molar-refractivity contribution is -0.126. The molecule has 1 amide bonds. The third-order valence-electron chi connectivity index (χ3n) is 2.82. The van der Waals surface area contributed by atoms with Crippen LogP contribution in [0.15, 0.2) is 0 Å². The van der Waals surface area contributed by atoms with Gasteiger partial charge in [0.15, 0.2) is 0 Å². The first-order chi connectivity index (χ1) is 7.69.